The topological polar surface area (TPSA) is 134 Å². The summed E-state index contributed by atoms with van der Waals surface area (Å²) in [7, 11) is -8.46. The van der Waals surface area contributed by atoms with Crippen molar-refractivity contribution in [3.05, 3.63) is 0 Å². The molecule has 1 aliphatic rings. The standard InChI is InChI=1S/C18H37O4P.H3O4P/c19-23(20)21-17-15-13-11-9-7-5-3-1-2-4-6-8-10-12-14-16-18-22-23;1-5(2,3)4/h1-18H2,(H,19,20);(H3,1,2,3,4). The number of rotatable bonds is 0. The van der Waals surface area contributed by atoms with Gasteiger partial charge < -0.3 is 19.6 Å². The van der Waals surface area contributed by atoms with Gasteiger partial charge in [-0.05, 0) is 12.8 Å². The summed E-state index contributed by atoms with van der Waals surface area (Å²) in [6.07, 6.45) is 19.7. The first-order valence-electron chi connectivity index (χ1n) is 10.6. The zero-order valence-corrected chi connectivity index (χ0v) is 18.8. The molecule has 0 aromatic rings. The highest BCUT2D eigenvalue weighted by molar-refractivity contribution is 7.47. The van der Waals surface area contributed by atoms with Crippen LogP contribution in [0.1, 0.15) is 103 Å². The van der Waals surface area contributed by atoms with Gasteiger partial charge in [-0.15, -0.1) is 0 Å². The minimum absolute atomic E-state index is 0.327. The van der Waals surface area contributed by atoms with E-state index in [4.69, 9.17) is 28.3 Å². The summed E-state index contributed by atoms with van der Waals surface area (Å²) in [5, 5.41) is 0. The molecule has 28 heavy (non-hydrogen) atoms. The molecular weight excluding hydrogens is 406 g/mol. The summed E-state index contributed by atoms with van der Waals surface area (Å²) in [5.74, 6) is 0. The van der Waals surface area contributed by atoms with Gasteiger partial charge in [-0.1, -0.05) is 89.9 Å². The molecule has 0 aliphatic carbocycles. The van der Waals surface area contributed by atoms with Crippen molar-refractivity contribution in [1.29, 1.82) is 0 Å². The molecule has 0 aromatic heterocycles. The molecule has 10 heteroatoms. The Morgan fingerprint density at radius 2 is 0.714 bits per heavy atom. The van der Waals surface area contributed by atoms with Gasteiger partial charge in [0, 0.05) is 0 Å². The molecule has 1 aliphatic heterocycles. The maximum atomic E-state index is 11.7. The predicted octanol–water partition coefficient (Wildman–Crippen LogP) is 5.45. The number of hydrogen-bond acceptors (Lipinski definition) is 4. The van der Waals surface area contributed by atoms with E-state index in [1.807, 2.05) is 0 Å². The maximum Gasteiger partial charge on any atom is 0.472 e. The second-order valence-corrected chi connectivity index (χ2v) is 9.79. The van der Waals surface area contributed by atoms with Gasteiger partial charge in [0.05, 0.1) is 13.2 Å². The Balaban J connectivity index is 0.00000129. The smallest absolute Gasteiger partial charge is 0.303 e. The van der Waals surface area contributed by atoms with Crippen molar-refractivity contribution < 1.29 is 37.8 Å². The predicted molar refractivity (Wildman–Crippen MR) is 110 cm³/mol. The zero-order chi connectivity index (χ0) is 21.1. The highest BCUT2D eigenvalue weighted by atomic mass is 31.2. The lowest BCUT2D eigenvalue weighted by molar-refractivity contribution is 0.145. The minimum atomic E-state index is -4.64. The fraction of sp³-hybridized carbons (Fsp3) is 1.00. The van der Waals surface area contributed by atoms with Crippen molar-refractivity contribution in [2.45, 2.75) is 103 Å². The van der Waals surface area contributed by atoms with Crippen LogP contribution in [0.5, 0.6) is 0 Å². The van der Waals surface area contributed by atoms with Crippen LogP contribution < -0.4 is 0 Å². The van der Waals surface area contributed by atoms with Crippen LogP contribution in [0.25, 0.3) is 0 Å². The maximum absolute atomic E-state index is 11.7. The zero-order valence-electron chi connectivity index (χ0n) is 17.0. The minimum Gasteiger partial charge on any atom is -0.303 e. The van der Waals surface area contributed by atoms with Gasteiger partial charge in [0.15, 0.2) is 0 Å². The normalized spacial score (nSPS) is 22.9. The van der Waals surface area contributed by atoms with Crippen LogP contribution in [-0.4, -0.2) is 32.8 Å². The molecule has 0 saturated carbocycles. The fourth-order valence-electron chi connectivity index (χ4n) is 3.08. The molecule has 0 atom stereocenters. The average molecular weight is 446 g/mol. The lowest BCUT2D eigenvalue weighted by atomic mass is 10.0. The molecule has 4 N–H and O–H groups in total. The molecule has 170 valence electrons. The van der Waals surface area contributed by atoms with Crippen LogP contribution in [0.4, 0.5) is 0 Å². The van der Waals surface area contributed by atoms with Crippen molar-refractivity contribution in [3.8, 4) is 0 Å². The highest BCUT2D eigenvalue weighted by Gasteiger charge is 2.19. The van der Waals surface area contributed by atoms with Crippen LogP contribution in [0.15, 0.2) is 0 Å². The van der Waals surface area contributed by atoms with E-state index in [0.29, 0.717) is 13.2 Å². The van der Waals surface area contributed by atoms with Gasteiger partial charge in [0.2, 0.25) is 0 Å². The quantitative estimate of drug-likeness (QED) is 0.361. The molecule has 1 fully saturated rings. The Hall–Kier alpha value is 0.220. The first kappa shape index (κ1) is 28.2. The number of hydrogen-bond donors (Lipinski definition) is 4. The second kappa shape index (κ2) is 18.0. The van der Waals surface area contributed by atoms with Gasteiger partial charge in [0.1, 0.15) is 0 Å². The van der Waals surface area contributed by atoms with E-state index in [9.17, 15) is 9.46 Å². The fourth-order valence-corrected chi connectivity index (χ4v) is 3.87. The van der Waals surface area contributed by atoms with E-state index in [1.165, 1.54) is 77.0 Å². The van der Waals surface area contributed by atoms with Crippen LogP contribution in [0.2, 0.25) is 0 Å². The molecule has 0 amide bonds. The van der Waals surface area contributed by atoms with Crippen LogP contribution in [0, 0.1) is 0 Å². The molecular formula is C18H40O8P2. The van der Waals surface area contributed by atoms with Gasteiger partial charge >= 0.3 is 15.6 Å². The Morgan fingerprint density at radius 1 is 0.536 bits per heavy atom. The van der Waals surface area contributed by atoms with Crippen molar-refractivity contribution in [2.75, 3.05) is 13.2 Å². The molecule has 1 heterocycles. The summed E-state index contributed by atoms with van der Waals surface area (Å²) >= 11 is 0. The third-order valence-corrected chi connectivity index (χ3v) is 5.57. The largest absolute Gasteiger partial charge is 0.472 e. The average Bonchev–Trinajstić information content (AvgIpc) is 2.58. The van der Waals surface area contributed by atoms with E-state index in [-0.39, 0.29) is 0 Å². The van der Waals surface area contributed by atoms with Crippen LogP contribution >= 0.6 is 15.6 Å². The van der Waals surface area contributed by atoms with Gasteiger partial charge in [0.25, 0.3) is 0 Å². The Morgan fingerprint density at radius 3 is 0.929 bits per heavy atom. The van der Waals surface area contributed by atoms with E-state index >= 15 is 0 Å². The molecule has 1 saturated heterocycles. The Labute approximate surface area is 169 Å². The number of phosphoric ester groups is 1. The van der Waals surface area contributed by atoms with Crippen LogP contribution in [0.3, 0.4) is 0 Å². The second-order valence-electron chi connectivity index (χ2n) is 7.31. The van der Waals surface area contributed by atoms with Gasteiger partial charge in [-0.2, -0.15) is 0 Å². The Bertz CT molecular complexity index is 407. The summed E-state index contributed by atoms with van der Waals surface area (Å²) in [4.78, 5) is 31.1. The van der Waals surface area contributed by atoms with Crippen LogP contribution in [-0.2, 0) is 18.2 Å². The van der Waals surface area contributed by atoms with E-state index < -0.39 is 15.6 Å². The van der Waals surface area contributed by atoms with Gasteiger partial charge in [-0.3, -0.25) is 9.05 Å². The first-order valence-corrected chi connectivity index (χ1v) is 13.7. The molecule has 0 radical (unpaired) electrons. The highest BCUT2D eigenvalue weighted by Crippen LogP contribution is 2.43. The molecule has 0 bridgehead atoms. The summed E-state index contributed by atoms with van der Waals surface area (Å²) in [6.45, 7) is 0.654. The molecule has 0 unspecified atom stereocenters. The monoisotopic (exact) mass is 446 g/mol. The first-order chi connectivity index (χ1) is 13.2. The number of phosphoric acid groups is 2. The van der Waals surface area contributed by atoms with E-state index in [0.717, 1.165) is 25.7 Å². The van der Waals surface area contributed by atoms with Crippen molar-refractivity contribution in [1.82, 2.24) is 0 Å². The summed E-state index contributed by atoms with van der Waals surface area (Å²) < 4.78 is 30.6. The third kappa shape index (κ3) is 26.2. The van der Waals surface area contributed by atoms with Crippen molar-refractivity contribution >= 4 is 15.6 Å². The van der Waals surface area contributed by atoms with E-state index in [2.05, 4.69) is 0 Å². The summed E-state index contributed by atoms with van der Waals surface area (Å²) in [6, 6.07) is 0. The molecule has 8 nitrogen and oxygen atoms in total. The molecule has 0 aromatic carbocycles. The van der Waals surface area contributed by atoms with Crippen molar-refractivity contribution in [2.24, 2.45) is 0 Å². The molecule has 0 spiro atoms. The lowest BCUT2D eigenvalue weighted by Crippen LogP contribution is -1.99. The lowest BCUT2D eigenvalue weighted by Gasteiger charge is -2.12. The SMILES string of the molecule is O=P(O)(O)O.O=P1(O)OCCCCCCCCCCCCCCCCCCO1. The Kier molecular flexibility index (Phi) is 18.2. The van der Waals surface area contributed by atoms with Gasteiger partial charge in [-0.25, -0.2) is 9.13 Å². The van der Waals surface area contributed by atoms with E-state index in [1.54, 1.807) is 0 Å². The summed E-state index contributed by atoms with van der Waals surface area (Å²) in [5.41, 5.74) is 0. The van der Waals surface area contributed by atoms with Crippen molar-refractivity contribution in [3.63, 3.8) is 0 Å². The molecule has 1 rings (SSSR count). The third-order valence-electron chi connectivity index (χ3n) is 4.55.